The predicted octanol–water partition coefficient (Wildman–Crippen LogP) is 5.44. The highest BCUT2D eigenvalue weighted by molar-refractivity contribution is 5.78. The molecule has 156 valence electrons. The number of urea groups is 1. The fourth-order valence-corrected chi connectivity index (χ4v) is 4.35. The SMILES string of the molecule is CCCN1C(=O)N(Cc2ccc(C)c(C)c2)CC1(C)CCCc1ccc(O)cc1. The Morgan fingerprint density at radius 2 is 1.72 bits per heavy atom. The first-order chi connectivity index (χ1) is 13.8. The molecule has 0 radical (unpaired) electrons. The van der Waals surface area contributed by atoms with Gasteiger partial charge in [-0.25, -0.2) is 4.79 Å². The van der Waals surface area contributed by atoms with Crippen LogP contribution >= 0.6 is 0 Å². The van der Waals surface area contributed by atoms with E-state index in [9.17, 15) is 9.90 Å². The van der Waals surface area contributed by atoms with Crippen LogP contribution in [-0.4, -0.2) is 39.6 Å². The zero-order valence-electron chi connectivity index (χ0n) is 18.2. The van der Waals surface area contributed by atoms with Crippen molar-refractivity contribution in [1.29, 1.82) is 0 Å². The van der Waals surface area contributed by atoms with Crippen molar-refractivity contribution in [2.24, 2.45) is 0 Å². The molecule has 1 aliphatic heterocycles. The van der Waals surface area contributed by atoms with Crippen LogP contribution in [0.5, 0.6) is 5.75 Å². The minimum absolute atomic E-state index is 0.135. The van der Waals surface area contributed by atoms with Gasteiger partial charge in [0, 0.05) is 19.6 Å². The van der Waals surface area contributed by atoms with Crippen molar-refractivity contribution in [3.05, 3.63) is 64.7 Å². The van der Waals surface area contributed by atoms with Gasteiger partial charge < -0.3 is 14.9 Å². The second-order valence-electron chi connectivity index (χ2n) is 8.73. The monoisotopic (exact) mass is 394 g/mol. The molecule has 0 saturated carbocycles. The van der Waals surface area contributed by atoms with E-state index < -0.39 is 0 Å². The topological polar surface area (TPSA) is 43.8 Å². The standard InChI is InChI=1S/C25H34N2O2/c1-5-15-27-24(29)26(17-22-9-8-19(2)20(3)16-22)18-25(27,4)14-6-7-21-10-12-23(28)13-11-21/h8-13,16,28H,5-7,14-15,17-18H2,1-4H3. The van der Waals surface area contributed by atoms with Crippen LogP contribution in [0.3, 0.4) is 0 Å². The van der Waals surface area contributed by atoms with Gasteiger partial charge in [0.1, 0.15) is 5.75 Å². The molecule has 0 aromatic heterocycles. The molecule has 1 heterocycles. The third kappa shape index (κ3) is 4.92. The van der Waals surface area contributed by atoms with Gasteiger partial charge in [-0.05, 0) is 80.8 Å². The normalized spacial score (nSPS) is 19.2. The van der Waals surface area contributed by atoms with Crippen molar-refractivity contribution in [2.45, 2.75) is 65.5 Å². The maximum absolute atomic E-state index is 13.2. The van der Waals surface area contributed by atoms with Gasteiger partial charge in [0.2, 0.25) is 0 Å². The molecule has 1 fully saturated rings. The first-order valence-corrected chi connectivity index (χ1v) is 10.7. The molecule has 0 spiro atoms. The first kappa shape index (κ1) is 21.2. The van der Waals surface area contributed by atoms with Crippen LogP contribution in [0.2, 0.25) is 0 Å². The average Bonchev–Trinajstić information content (AvgIpc) is 2.91. The number of carbonyl (C=O) groups excluding carboxylic acids is 1. The number of hydrogen-bond donors (Lipinski definition) is 1. The number of aryl methyl sites for hydroxylation is 3. The first-order valence-electron chi connectivity index (χ1n) is 10.7. The molecular weight excluding hydrogens is 360 g/mol. The molecule has 1 saturated heterocycles. The lowest BCUT2D eigenvalue weighted by molar-refractivity contribution is 0.156. The molecule has 1 aliphatic rings. The van der Waals surface area contributed by atoms with Gasteiger partial charge in [0.05, 0.1) is 5.54 Å². The molecule has 2 aromatic carbocycles. The number of rotatable bonds is 8. The number of hydrogen-bond acceptors (Lipinski definition) is 2. The van der Waals surface area contributed by atoms with Crippen LogP contribution in [0.1, 0.15) is 55.4 Å². The van der Waals surface area contributed by atoms with Gasteiger partial charge in [-0.15, -0.1) is 0 Å². The smallest absolute Gasteiger partial charge is 0.320 e. The summed E-state index contributed by atoms with van der Waals surface area (Å²) in [5.74, 6) is 0.304. The second kappa shape index (κ2) is 8.89. The fourth-order valence-electron chi connectivity index (χ4n) is 4.35. The molecule has 3 rings (SSSR count). The number of phenols is 1. The largest absolute Gasteiger partial charge is 0.508 e. The zero-order chi connectivity index (χ0) is 21.0. The molecule has 0 bridgehead atoms. The summed E-state index contributed by atoms with van der Waals surface area (Å²) in [5.41, 5.74) is 4.85. The number of nitrogens with zero attached hydrogens (tertiary/aromatic N) is 2. The van der Waals surface area contributed by atoms with Crippen LogP contribution in [0.25, 0.3) is 0 Å². The summed E-state index contributed by atoms with van der Waals surface area (Å²) >= 11 is 0. The van der Waals surface area contributed by atoms with E-state index >= 15 is 0 Å². The third-order valence-electron chi connectivity index (χ3n) is 6.19. The van der Waals surface area contributed by atoms with Crippen molar-refractivity contribution in [3.8, 4) is 5.75 Å². The van der Waals surface area contributed by atoms with E-state index in [2.05, 4.69) is 50.8 Å². The Morgan fingerprint density at radius 1 is 1.03 bits per heavy atom. The summed E-state index contributed by atoms with van der Waals surface area (Å²) in [6.07, 6.45) is 3.92. The molecule has 1 atom stereocenters. The summed E-state index contributed by atoms with van der Waals surface area (Å²) in [7, 11) is 0. The Morgan fingerprint density at radius 3 is 2.38 bits per heavy atom. The number of amides is 2. The predicted molar refractivity (Wildman–Crippen MR) is 118 cm³/mol. The van der Waals surface area contributed by atoms with Crippen LogP contribution < -0.4 is 0 Å². The minimum atomic E-state index is -0.135. The summed E-state index contributed by atoms with van der Waals surface area (Å²) in [6, 6.07) is 14.1. The molecule has 4 heteroatoms. The Hall–Kier alpha value is -2.49. The number of phenolic OH excluding ortho intramolecular Hbond substituents is 1. The summed E-state index contributed by atoms with van der Waals surface area (Å²) in [4.78, 5) is 17.3. The van der Waals surface area contributed by atoms with E-state index in [0.717, 1.165) is 38.8 Å². The number of aromatic hydroxyl groups is 1. The van der Waals surface area contributed by atoms with Gasteiger partial charge in [-0.1, -0.05) is 37.3 Å². The maximum atomic E-state index is 13.2. The molecule has 0 aliphatic carbocycles. The average molecular weight is 395 g/mol. The highest BCUT2D eigenvalue weighted by Crippen LogP contribution is 2.32. The molecule has 1 N–H and O–H groups in total. The summed E-state index contributed by atoms with van der Waals surface area (Å²) in [5, 5.41) is 9.45. The number of benzene rings is 2. The molecule has 29 heavy (non-hydrogen) atoms. The number of carbonyl (C=O) groups is 1. The van der Waals surface area contributed by atoms with Gasteiger partial charge in [-0.2, -0.15) is 0 Å². The Balaban J connectivity index is 1.67. The van der Waals surface area contributed by atoms with Crippen LogP contribution in [0.15, 0.2) is 42.5 Å². The minimum Gasteiger partial charge on any atom is -0.508 e. The second-order valence-corrected chi connectivity index (χ2v) is 8.73. The lowest BCUT2D eigenvalue weighted by atomic mass is 9.92. The lowest BCUT2D eigenvalue weighted by Gasteiger charge is -2.33. The summed E-state index contributed by atoms with van der Waals surface area (Å²) in [6.45, 7) is 10.9. The van der Waals surface area contributed by atoms with Crippen LogP contribution in [-0.2, 0) is 13.0 Å². The lowest BCUT2D eigenvalue weighted by Crippen LogP contribution is -2.45. The van der Waals surface area contributed by atoms with Gasteiger partial charge in [-0.3, -0.25) is 0 Å². The van der Waals surface area contributed by atoms with E-state index in [1.54, 1.807) is 12.1 Å². The summed E-state index contributed by atoms with van der Waals surface area (Å²) < 4.78 is 0. The van der Waals surface area contributed by atoms with Crippen LogP contribution in [0.4, 0.5) is 4.79 Å². The maximum Gasteiger partial charge on any atom is 0.320 e. The van der Waals surface area contributed by atoms with Gasteiger partial charge in [0.15, 0.2) is 0 Å². The van der Waals surface area contributed by atoms with E-state index in [1.165, 1.54) is 22.3 Å². The molecular formula is C25H34N2O2. The molecule has 2 amide bonds. The van der Waals surface area contributed by atoms with E-state index in [4.69, 9.17) is 0 Å². The van der Waals surface area contributed by atoms with Crippen molar-refractivity contribution >= 4 is 6.03 Å². The Bertz CT molecular complexity index is 846. The van der Waals surface area contributed by atoms with E-state index in [0.29, 0.717) is 12.3 Å². The Labute approximate surface area is 175 Å². The Kier molecular flexibility index (Phi) is 6.51. The van der Waals surface area contributed by atoms with Gasteiger partial charge >= 0.3 is 6.03 Å². The zero-order valence-corrected chi connectivity index (χ0v) is 18.2. The highest BCUT2D eigenvalue weighted by atomic mass is 16.3. The van der Waals surface area contributed by atoms with Gasteiger partial charge in [0.25, 0.3) is 0 Å². The fraction of sp³-hybridized carbons (Fsp3) is 0.480. The molecule has 4 nitrogen and oxygen atoms in total. The van der Waals surface area contributed by atoms with Crippen molar-refractivity contribution in [2.75, 3.05) is 13.1 Å². The third-order valence-corrected chi connectivity index (χ3v) is 6.19. The molecule has 1 unspecified atom stereocenters. The molecule has 2 aromatic rings. The van der Waals surface area contributed by atoms with Crippen LogP contribution in [0, 0.1) is 13.8 Å². The van der Waals surface area contributed by atoms with Crippen molar-refractivity contribution in [1.82, 2.24) is 9.80 Å². The van der Waals surface area contributed by atoms with E-state index in [1.807, 2.05) is 17.0 Å². The van der Waals surface area contributed by atoms with E-state index in [-0.39, 0.29) is 11.6 Å². The highest BCUT2D eigenvalue weighted by Gasteiger charge is 2.45. The van der Waals surface area contributed by atoms with Crippen molar-refractivity contribution < 1.29 is 9.90 Å². The van der Waals surface area contributed by atoms with Crippen molar-refractivity contribution in [3.63, 3.8) is 0 Å². The quantitative estimate of drug-likeness (QED) is 0.648.